The highest BCUT2D eigenvalue weighted by Gasteiger charge is 2.27. The SMILES string of the molecule is Cc1ncc(CO)c(/C=N/NC(=O)c2ccc(S(=O)(=O)N3CCCC3)cc2)c1O. The van der Waals surface area contributed by atoms with Crippen LogP contribution in [0.5, 0.6) is 5.75 Å². The number of aryl methyl sites for hydroxylation is 1. The summed E-state index contributed by atoms with van der Waals surface area (Å²) in [5.74, 6) is -0.673. The first-order valence-corrected chi connectivity index (χ1v) is 10.5. The third-order valence-corrected chi connectivity index (χ3v) is 6.62. The van der Waals surface area contributed by atoms with E-state index >= 15 is 0 Å². The van der Waals surface area contributed by atoms with Crippen LogP contribution in [0.2, 0.25) is 0 Å². The van der Waals surface area contributed by atoms with Gasteiger partial charge < -0.3 is 10.2 Å². The molecule has 1 fully saturated rings. The maximum absolute atomic E-state index is 12.5. The van der Waals surface area contributed by atoms with Crippen LogP contribution in [0.25, 0.3) is 0 Å². The predicted molar refractivity (Wildman–Crippen MR) is 106 cm³/mol. The topological polar surface area (TPSA) is 132 Å². The number of benzene rings is 1. The lowest BCUT2D eigenvalue weighted by molar-refractivity contribution is 0.0955. The molecule has 0 aliphatic carbocycles. The molecule has 2 aromatic rings. The molecule has 0 radical (unpaired) electrons. The summed E-state index contributed by atoms with van der Waals surface area (Å²) in [5.41, 5.74) is 3.54. The molecule has 0 spiro atoms. The summed E-state index contributed by atoms with van der Waals surface area (Å²) in [7, 11) is -3.54. The third-order valence-electron chi connectivity index (χ3n) is 4.71. The van der Waals surface area contributed by atoms with Gasteiger partial charge in [0.25, 0.3) is 5.91 Å². The molecule has 0 unspecified atom stereocenters. The van der Waals surface area contributed by atoms with Crippen molar-refractivity contribution in [1.82, 2.24) is 14.7 Å². The van der Waals surface area contributed by atoms with E-state index in [0.29, 0.717) is 24.3 Å². The van der Waals surface area contributed by atoms with Crippen molar-refractivity contribution in [3.63, 3.8) is 0 Å². The van der Waals surface area contributed by atoms with E-state index in [1.165, 1.54) is 41.0 Å². The number of hydrogen-bond donors (Lipinski definition) is 3. The second-order valence-electron chi connectivity index (χ2n) is 6.62. The van der Waals surface area contributed by atoms with E-state index in [0.717, 1.165) is 12.8 Å². The van der Waals surface area contributed by atoms with Gasteiger partial charge in [0.2, 0.25) is 10.0 Å². The van der Waals surface area contributed by atoms with Gasteiger partial charge in [0.15, 0.2) is 0 Å². The quantitative estimate of drug-likeness (QED) is 0.476. The molecule has 3 rings (SSSR count). The fraction of sp³-hybridized carbons (Fsp3) is 0.316. The predicted octanol–water partition coefficient (Wildman–Crippen LogP) is 1.14. The highest BCUT2D eigenvalue weighted by Crippen LogP contribution is 2.22. The van der Waals surface area contributed by atoms with Crippen molar-refractivity contribution in [2.45, 2.75) is 31.3 Å². The van der Waals surface area contributed by atoms with Crippen molar-refractivity contribution in [3.8, 4) is 5.75 Å². The number of amides is 1. The number of carbonyl (C=O) groups is 1. The maximum atomic E-state index is 12.5. The first-order valence-electron chi connectivity index (χ1n) is 9.06. The molecular formula is C19H22N4O5S. The van der Waals surface area contributed by atoms with E-state index in [-0.39, 0.29) is 28.4 Å². The average Bonchev–Trinajstić information content (AvgIpc) is 3.27. The van der Waals surface area contributed by atoms with E-state index in [1.807, 2.05) is 0 Å². The Morgan fingerprint density at radius 1 is 1.28 bits per heavy atom. The Balaban J connectivity index is 1.71. The van der Waals surface area contributed by atoms with Gasteiger partial charge >= 0.3 is 0 Å². The van der Waals surface area contributed by atoms with E-state index in [1.54, 1.807) is 6.92 Å². The minimum Gasteiger partial charge on any atom is -0.505 e. The van der Waals surface area contributed by atoms with Crippen LogP contribution in [0.4, 0.5) is 0 Å². The van der Waals surface area contributed by atoms with Crippen molar-refractivity contribution < 1.29 is 23.4 Å². The van der Waals surface area contributed by atoms with E-state index in [2.05, 4.69) is 15.5 Å². The Morgan fingerprint density at radius 3 is 2.55 bits per heavy atom. The van der Waals surface area contributed by atoms with E-state index < -0.39 is 15.9 Å². The van der Waals surface area contributed by atoms with Crippen molar-refractivity contribution in [3.05, 3.63) is 52.8 Å². The Labute approximate surface area is 168 Å². The van der Waals surface area contributed by atoms with Crippen LogP contribution in [0.15, 0.2) is 40.5 Å². The second-order valence-corrected chi connectivity index (χ2v) is 8.56. The molecule has 2 heterocycles. The van der Waals surface area contributed by atoms with Crippen LogP contribution in [0.1, 0.15) is 40.0 Å². The summed E-state index contributed by atoms with van der Waals surface area (Å²) in [6.45, 7) is 2.28. The molecule has 10 heteroatoms. The van der Waals surface area contributed by atoms with Crippen molar-refractivity contribution >= 4 is 22.1 Å². The molecule has 0 bridgehead atoms. The van der Waals surface area contributed by atoms with Crippen LogP contribution in [-0.2, 0) is 16.6 Å². The van der Waals surface area contributed by atoms with Gasteiger partial charge in [0, 0.05) is 36.0 Å². The molecule has 1 aliphatic heterocycles. The molecule has 1 saturated heterocycles. The number of aliphatic hydroxyl groups is 1. The molecule has 1 aromatic heterocycles. The van der Waals surface area contributed by atoms with Gasteiger partial charge in [0.05, 0.1) is 23.4 Å². The number of sulfonamides is 1. The van der Waals surface area contributed by atoms with Crippen molar-refractivity contribution in [2.75, 3.05) is 13.1 Å². The van der Waals surface area contributed by atoms with Crippen LogP contribution in [0.3, 0.4) is 0 Å². The lowest BCUT2D eigenvalue weighted by atomic mass is 10.1. The van der Waals surface area contributed by atoms with Crippen LogP contribution in [0, 0.1) is 6.92 Å². The number of aliphatic hydroxyl groups excluding tert-OH is 1. The number of rotatable bonds is 6. The highest BCUT2D eigenvalue weighted by molar-refractivity contribution is 7.89. The Kier molecular flexibility index (Phi) is 6.26. The van der Waals surface area contributed by atoms with Gasteiger partial charge in [-0.15, -0.1) is 0 Å². The lowest BCUT2D eigenvalue weighted by Gasteiger charge is -2.15. The minimum atomic E-state index is -3.54. The zero-order chi connectivity index (χ0) is 21.0. The Morgan fingerprint density at radius 2 is 1.93 bits per heavy atom. The zero-order valence-electron chi connectivity index (χ0n) is 15.9. The molecule has 1 aromatic carbocycles. The third kappa shape index (κ3) is 4.44. The fourth-order valence-electron chi connectivity index (χ4n) is 3.00. The second kappa shape index (κ2) is 8.68. The molecule has 1 amide bonds. The first kappa shape index (κ1) is 20.9. The summed E-state index contributed by atoms with van der Waals surface area (Å²) in [6, 6.07) is 5.63. The number of pyridine rings is 1. The Bertz CT molecular complexity index is 1030. The standard InChI is InChI=1S/C19H22N4O5S/c1-13-18(25)17(15(12-24)10-20-13)11-21-22-19(26)14-4-6-16(7-5-14)29(27,28)23-8-2-3-9-23/h4-7,10-11,24-25H,2-3,8-9,12H2,1H3,(H,22,26)/b21-11+. The van der Waals surface area contributed by atoms with E-state index in [9.17, 15) is 23.4 Å². The first-order chi connectivity index (χ1) is 13.8. The van der Waals surface area contributed by atoms with Gasteiger partial charge in [-0.05, 0) is 44.0 Å². The number of aromatic nitrogens is 1. The molecule has 9 nitrogen and oxygen atoms in total. The summed E-state index contributed by atoms with van der Waals surface area (Å²) in [5, 5.41) is 23.2. The lowest BCUT2D eigenvalue weighted by Crippen LogP contribution is -2.28. The van der Waals surface area contributed by atoms with Crippen molar-refractivity contribution in [2.24, 2.45) is 5.10 Å². The highest BCUT2D eigenvalue weighted by atomic mass is 32.2. The largest absolute Gasteiger partial charge is 0.505 e. The number of nitrogens with one attached hydrogen (secondary N) is 1. The minimum absolute atomic E-state index is 0.133. The van der Waals surface area contributed by atoms with Crippen LogP contribution in [-0.4, -0.2) is 53.1 Å². The van der Waals surface area contributed by atoms with Crippen molar-refractivity contribution in [1.29, 1.82) is 0 Å². The number of carbonyl (C=O) groups excluding carboxylic acids is 1. The average molecular weight is 418 g/mol. The fourth-order valence-corrected chi connectivity index (χ4v) is 4.52. The molecule has 0 saturated carbocycles. The van der Waals surface area contributed by atoms with Gasteiger partial charge in [-0.25, -0.2) is 13.8 Å². The molecule has 3 N–H and O–H groups in total. The normalized spacial score (nSPS) is 15.1. The number of nitrogens with zero attached hydrogens (tertiary/aromatic N) is 3. The molecular weight excluding hydrogens is 396 g/mol. The summed E-state index contributed by atoms with van der Waals surface area (Å²) < 4.78 is 26.5. The van der Waals surface area contributed by atoms with Gasteiger partial charge in [-0.3, -0.25) is 9.78 Å². The molecule has 1 aliphatic rings. The monoisotopic (exact) mass is 418 g/mol. The van der Waals surface area contributed by atoms with Gasteiger partial charge in [-0.1, -0.05) is 0 Å². The number of hydrazone groups is 1. The van der Waals surface area contributed by atoms with E-state index in [4.69, 9.17) is 0 Å². The zero-order valence-corrected chi connectivity index (χ0v) is 16.7. The smallest absolute Gasteiger partial charge is 0.271 e. The summed E-state index contributed by atoms with van der Waals surface area (Å²) in [4.78, 5) is 16.3. The molecule has 154 valence electrons. The molecule has 0 atom stereocenters. The number of aromatic hydroxyl groups is 1. The van der Waals surface area contributed by atoms with Crippen LogP contribution >= 0.6 is 0 Å². The summed E-state index contributed by atoms with van der Waals surface area (Å²) in [6.07, 6.45) is 4.34. The van der Waals surface area contributed by atoms with Gasteiger partial charge in [-0.2, -0.15) is 9.41 Å². The van der Waals surface area contributed by atoms with Gasteiger partial charge in [0.1, 0.15) is 5.75 Å². The number of hydrogen-bond acceptors (Lipinski definition) is 7. The maximum Gasteiger partial charge on any atom is 0.271 e. The summed E-state index contributed by atoms with van der Waals surface area (Å²) >= 11 is 0. The molecule has 29 heavy (non-hydrogen) atoms. The Hall–Kier alpha value is -2.82. The van der Waals surface area contributed by atoms with Crippen LogP contribution < -0.4 is 5.43 Å².